The molecule has 1 aromatic carbocycles. The maximum Gasteiger partial charge on any atom is 0.0643 e. The van der Waals surface area contributed by atoms with Gasteiger partial charge in [-0.1, -0.05) is 0 Å². The van der Waals surface area contributed by atoms with Gasteiger partial charge in [-0.2, -0.15) is 5.26 Å². The lowest BCUT2D eigenvalue weighted by atomic mass is 10.2. The molecule has 0 spiro atoms. The van der Waals surface area contributed by atoms with Crippen LogP contribution in [-0.4, -0.2) is 6.04 Å². The average molecular weight is 365 g/mol. The Labute approximate surface area is 106 Å². The third kappa shape index (κ3) is 3.46. The second-order valence-electron chi connectivity index (χ2n) is 3.04. The first-order valence-electron chi connectivity index (χ1n) is 4.22. The van der Waals surface area contributed by atoms with Crippen molar-refractivity contribution in [2.45, 2.75) is 19.4 Å². The highest BCUT2D eigenvalue weighted by atomic mass is 127. The van der Waals surface area contributed by atoms with Crippen molar-refractivity contribution in [2.75, 3.05) is 5.32 Å². The summed E-state index contributed by atoms with van der Waals surface area (Å²) in [6.45, 7) is 2.00. The van der Waals surface area contributed by atoms with Crippen LogP contribution in [0, 0.1) is 14.9 Å². The molecule has 0 aliphatic rings. The minimum absolute atomic E-state index is 0.192. The van der Waals surface area contributed by atoms with Gasteiger partial charge in [-0.3, -0.25) is 0 Å². The van der Waals surface area contributed by atoms with Gasteiger partial charge in [-0.25, -0.2) is 0 Å². The van der Waals surface area contributed by atoms with Gasteiger partial charge in [0.2, 0.25) is 0 Å². The Morgan fingerprint density at radius 2 is 2.36 bits per heavy atom. The molecule has 4 heteroatoms. The number of rotatable bonds is 3. The first kappa shape index (κ1) is 11.8. The highest BCUT2D eigenvalue weighted by Gasteiger charge is 2.02. The van der Waals surface area contributed by atoms with E-state index in [1.807, 2.05) is 19.1 Å². The molecule has 0 aromatic heterocycles. The molecule has 0 heterocycles. The quantitative estimate of drug-likeness (QED) is 0.828. The summed E-state index contributed by atoms with van der Waals surface area (Å²) in [7, 11) is 0. The lowest BCUT2D eigenvalue weighted by Crippen LogP contribution is -2.13. The lowest BCUT2D eigenvalue weighted by molar-refractivity contribution is 0.821. The molecule has 1 atom stereocenters. The fourth-order valence-corrected chi connectivity index (χ4v) is 1.82. The summed E-state index contributed by atoms with van der Waals surface area (Å²) in [5.74, 6) is 0. The van der Waals surface area contributed by atoms with Crippen LogP contribution in [0.3, 0.4) is 0 Å². The second kappa shape index (κ2) is 5.56. The number of nitriles is 1. The Morgan fingerprint density at radius 1 is 1.64 bits per heavy atom. The van der Waals surface area contributed by atoms with E-state index < -0.39 is 0 Å². The van der Waals surface area contributed by atoms with Crippen LogP contribution in [0.25, 0.3) is 0 Å². The van der Waals surface area contributed by atoms with E-state index in [2.05, 4.69) is 56.0 Å². The van der Waals surface area contributed by atoms with Gasteiger partial charge in [-0.05, 0) is 63.6 Å². The van der Waals surface area contributed by atoms with Gasteiger partial charge < -0.3 is 5.32 Å². The topological polar surface area (TPSA) is 35.8 Å². The zero-order chi connectivity index (χ0) is 10.6. The predicted molar refractivity (Wildman–Crippen MR) is 70.2 cm³/mol. The van der Waals surface area contributed by atoms with Gasteiger partial charge in [0.15, 0.2) is 0 Å². The van der Waals surface area contributed by atoms with Crippen LogP contribution in [0.1, 0.15) is 13.3 Å². The van der Waals surface area contributed by atoms with Gasteiger partial charge in [0.1, 0.15) is 0 Å². The fraction of sp³-hybridized carbons (Fsp3) is 0.300. The van der Waals surface area contributed by atoms with Crippen LogP contribution in [0.4, 0.5) is 5.69 Å². The molecule has 0 bridgehead atoms. The summed E-state index contributed by atoms with van der Waals surface area (Å²) in [4.78, 5) is 0. The van der Waals surface area contributed by atoms with E-state index in [9.17, 15) is 0 Å². The molecule has 74 valence electrons. The second-order valence-corrected chi connectivity index (χ2v) is 5.05. The first-order valence-corrected chi connectivity index (χ1v) is 6.09. The Morgan fingerprint density at radius 3 is 2.93 bits per heavy atom. The summed E-state index contributed by atoms with van der Waals surface area (Å²) >= 11 is 5.70. The smallest absolute Gasteiger partial charge is 0.0643 e. The van der Waals surface area contributed by atoms with Crippen molar-refractivity contribution >= 4 is 44.2 Å². The maximum absolute atomic E-state index is 8.51. The number of hydrogen-bond acceptors (Lipinski definition) is 2. The van der Waals surface area contributed by atoms with E-state index in [0.29, 0.717) is 6.42 Å². The van der Waals surface area contributed by atoms with Crippen molar-refractivity contribution in [2.24, 2.45) is 0 Å². The maximum atomic E-state index is 8.51. The minimum atomic E-state index is 0.192. The number of benzene rings is 1. The number of nitrogens with one attached hydrogen (secondary N) is 1. The molecule has 1 N–H and O–H groups in total. The van der Waals surface area contributed by atoms with Crippen LogP contribution >= 0.6 is 38.5 Å². The Kier molecular flexibility index (Phi) is 4.69. The summed E-state index contributed by atoms with van der Waals surface area (Å²) in [5.41, 5.74) is 1.06. The van der Waals surface area contributed by atoms with E-state index in [4.69, 9.17) is 5.26 Å². The SMILES string of the molecule is CC(CC#N)Nc1ccc(Br)c(I)c1. The molecular formula is C10H10BrIN2. The zero-order valence-electron chi connectivity index (χ0n) is 7.72. The molecule has 0 saturated heterocycles. The number of nitrogens with zero attached hydrogens (tertiary/aromatic N) is 1. The molecule has 1 unspecified atom stereocenters. The molecule has 1 rings (SSSR count). The highest BCUT2D eigenvalue weighted by molar-refractivity contribution is 14.1. The lowest BCUT2D eigenvalue weighted by Gasteiger charge is -2.12. The Balaban J connectivity index is 2.69. The Bertz CT molecular complexity index is 360. The van der Waals surface area contributed by atoms with Crippen molar-refractivity contribution in [3.8, 4) is 6.07 Å². The molecule has 0 radical (unpaired) electrons. The minimum Gasteiger partial charge on any atom is -0.382 e. The molecule has 2 nitrogen and oxygen atoms in total. The molecular weight excluding hydrogens is 355 g/mol. The first-order chi connectivity index (χ1) is 6.63. The van der Waals surface area contributed by atoms with Gasteiger partial charge in [0.25, 0.3) is 0 Å². The molecule has 14 heavy (non-hydrogen) atoms. The normalized spacial score (nSPS) is 11.9. The van der Waals surface area contributed by atoms with Crippen LogP contribution in [0.2, 0.25) is 0 Å². The van der Waals surface area contributed by atoms with Crippen LogP contribution in [0.5, 0.6) is 0 Å². The van der Waals surface area contributed by atoms with Gasteiger partial charge in [0, 0.05) is 19.8 Å². The van der Waals surface area contributed by atoms with E-state index in [0.717, 1.165) is 13.7 Å². The number of anilines is 1. The fourth-order valence-electron chi connectivity index (χ4n) is 1.06. The summed E-state index contributed by atoms with van der Waals surface area (Å²) in [5, 5.41) is 11.8. The van der Waals surface area contributed by atoms with Crippen molar-refractivity contribution in [3.63, 3.8) is 0 Å². The Hall–Kier alpha value is -0.280. The summed E-state index contributed by atoms with van der Waals surface area (Å²) in [6.07, 6.45) is 0.520. The predicted octanol–water partition coefficient (Wildman–Crippen LogP) is 3.77. The van der Waals surface area contributed by atoms with E-state index in [1.54, 1.807) is 0 Å². The third-order valence-electron chi connectivity index (χ3n) is 1.73. The summed E-state index contributed by atoms with van der Waals surface area (Å²) < 4.78 is 2.26. The number of halogens is 2. The summed E-state index contributed by atoms with van der Waals surface area (Å²) in [6, 6.07) is 8.39. The van der Waals surface area contributed by atoms with Crippen LogP contribution in [-0.2, 0) is 0 Å². The highest BCUT2D eigenvalue weighted by Crippen LogP contribution is 2.23. The van der Waals surface area contributed by atoms with Gasteiger partial charge in [-0.15, -0.1) is 0 Å². The molecule has 1 aromatic rings. The van der Waals surface area contributed by atoms with Crippen molar-refractivity contribution < 1.29 is 0 Å². The van der Waals surface area contributed by atoms with Crippen molar-refractivity contribution in [3.05, 3.63) is 26.2 Å². The third-order valence-corrected chi connectivity index (χ3v) is 4.06. The number of hydrogen-bond donors (Lipinski definition) is 1. The monoisotopic (exact) mass is 364 g/mol. The van der Waals surface area contributed by atoms with E-state index >= 15 is 0 Å². The van der Waals surface area contributed by atoms with Gasteiger partial charge >= 0.3 is 0 Å². The van der Waals surface area contributed by atoms with Crippen LogP contribution < -0.4 is 5.32 Å². The average Bonchev–Trinajstić information content (AvgIpc) is 2.12. The standard InChI is InChI=1S/C10H10BrIN2/c1-7(4-5-13)14-8-2-3-9(11)10(12)6-8/h2-3,6-7,14H,4H2,1H3. The van der Waals surface area contributed by atoms with E-state index in [1.165, 1.54) is 0 Å². The van der Waals surface area contributed by atoms with Crippen molar-refractivity contribution in [1.82, 2.24) is 0 Å². The molecule has 0 saturated carbocycles. The molecule has 0 amide bonds. The van der Waals surface area contributed by atoms with Crippen molar-refractivity contribution in [1.29, 1.82) is 5.26 Å². The van der Waals surface area contributed by atoms with E-state index in [-0.39, 0.29) is 6.04 Å². The molecule has 0 fully saturated rings. The molecule has 0 aliphatic carbocycles. The molecule has 0 aliphatic heterocycles. The zero-order valence-corrected chi connectivity index (χ0v) is 11.5. The largest absolute Gasteiger partial charge is 0.382 e. The van der Waals surface area contributed by atoms with Crippen LogP contribution in [0.15, 0.2) is 22.7 Å². The van der Waals surface area contributed by atoms with Gasteiger partial charge in [0.05, 0.1) is 12.5 Å².